The van der Waals surface area contributed by atoms with Gasteiger partial charge in [0.2, 0.25) is 0 Å². The lowest BCUT2D eigenvalue weighted by Gasteiger charge is -2.16. The summed E-state index contributed by atoms with van der Waals surface area (Å²) in [5, 5.41) is 0. The molecule has 0 aromatic rings. The maximum atomic E-state index is 12.4. The molecule has 0 N–H and O–H groups in total. The van der Waals surface area contributed by atoms with Crippen molar-refractivity contribution >= 4 is 14.3 Å². The topological polar surface area (TPSA) is 71.1 Å². The van der Waals surface area contributed by atoms with Gasteiger partial charge in [-0.3, -0.25) is 13.8 Å². The molecule has 0 saturated carbocycles. The van der Waals surface area contributed by atoms with E-state index >= 15 is 0 Å². The molecule has 0 fully saturated rings. The van der Waals surface area contributed by atoms with Crippen LogP contribution >= 0.6 is 7.82 Å². The third kappa shape index (κ3) is 5.27. The minimum Gasteiger partial charge on any atom is -0.467 e. The van der Waals surface area contributed by atoms with Crippen molar-refractivity contribution in [2.45, 2.75) is 40.0 Å². The van der Waals surface area contributed by atoms with Crippen LogP contribution in [-0.4, -0.2) is 26.3 Å². The number of carbonyl (C=O) groups is 1. The molecule has 6 nitrogen and oxygen atoms in total. The van der Waals surface area contributed by atoms with Gasteiger partial charge in [0, 0.05) is 5.92 Å². The third-order valence-corrected chi connectivity index (χ3v) is 4.67. The molecular weight excluding hydrogens is 283 g/mol. The second kappa shape index (κ2) is 8.45. The van der Waals surface area contributed by atoms with Crippen LogP contribution in [0.15, 0.2) is 11.3 Å². The highest BCUT2D eigenvalue weighted by Crippen LogP contribution is 2.54. The zero-order chi connectivity index (χ0) is 15.0. The maximum Gasteiger partial charge on any atom is 0.529 e. The van der Waals surface area contributed by atoms with Gasteiger partial charge in [-0.15, -0.1) is 0 Å². The second-order valence-electron chi connectivity index (χ2n) is 4.74. The Morgan fingerprint density at radius 2 is 2.15 bits per heavy atom. The average Bonchev–Trinajstić information content (AvgIpc) is 2.52. The van der Waals surface area contributed by atoms with Crippen molar-refractivity contribution in [1.82, 2.24) is 0 Å². The molecule has 0 aromatic heterocycles. The molecule has 1 heterocycles. The van der Waals surface area contributed by atoms with Gasteiger partial charge >= 0.3 is 7.82 Å². The molecule has 1 aliphatic heterocycles. The predicted octanol–water partition coefficient (Wildman–Crippen LogP) is 3.43. The Morgan fingerprint density at radius 1 is 1.40 bits per heavy atom. The SMILES string of the molecule is CCCCCOP1(=O)OCC(COC=O)C(C)=C(C)O1. The average molecular weight is 306 g/mol. The number of carbonyl (C=O) groups excluding carboxylic acids is 1. The molecule has 0 aliphatic carbocycles. The van der Waals surface area contributed by atoms with Crippen LogP contribution in [0, 0.1) is 5.92 Å². The largest absolute Gasteiger partial charge is 0.529 e. The summed E-state index contributed by atoms with van der Waals surface area (Å²) < 4.78 is 33.1. The van der Waals surface area contributed by atoms with Gasteiger partial charge in [-0.2, -0.15) is 0 Å². The van der Waals surface area contributed by atoms with E-state index in [1.165, 1.54) is 0 Å². The zero-order valence-electron chi connectivity index (χ0n) is 12.3. The van der Waals surface area contributed by atoms with Crippen LogP contribution in [0.25, 0.3) is 0 Å². The van der Waals surface area contributed by atoms with Gasteiger partial charge in [-0.25, -0.2) is 4.57 Å². The quantitative estimate of drug-likeness (QED) is 0.389. The highest BCUT2D eigenvalue weighted by atomic mass is 31.2. The molecule has 0 bridgehead atoms. The molecule has 7 heteroatoms. The number of rotatable bonds is 8. The zero-order valence-corrected chi connectivity index (χ0v) is 13.2. The van der Waals surface area contributed by atoms with E-state index in [0.717, 1.165) is 24.8 Å². The van der Waals surface area contributed by atoms with E-state index in [-0.39, 0.29) is 19.1 Å². The smallest absolute Gasteiger partial charge is 0.467 e. The van der Waals surface area contributed by atoms with Gasteiger partial charge < -0.3 is 9.26 Å². The first kappa shape index (κ1) is 17.2. The first-order valence-corrected chi connectivity index (χ1v) is 8.29. The van der Waals surface area contributed by atoms with E-state index in [2.05, 4.69) is 6.92 Å². The Balaban J connectivity index is 2.62. The molecule has 20 heavy (non-hydrogen) atoms. The molecule has 0 spiro atoms. The fourth-order valence-electron chi connectivity index (χ4n) is 1.78. The summed E-state index contributed by atoms with van der Waals surface area (Å²) in [6.07, 6.45) is 2.87. The van der Waals surface area contributed by atoms with Crippen molar-refractivity contribution in [3.05, 3.63) is 11.3 Å². The van der Waals surface area contributed by atoms with E-state index in [1.807, 2.05) is 6.92 Å². The normalized spacial score (nSPS) is 26.9. The van der Waals surface area contributed by atoms with Crippen LogP contribution in [0.4, 0.5) is 0 Å². The summed E-state index contributed by atoms with van der Waals surface area (Å²) in [6, 6.07) is 0. The van der Waals surface area contributed by atoms with E-state index in [0.29, 0.717) is 18.8 Å². The number of phosphoric ester groups is 1. The summed E-state index contributed by atoms with van der Waals surface area (Å²) in [6.45, 7) is 6.66. The van der Waals surface area contributed by atoms with Crippen molar-refractivity contribution in [3.8, 4) is 0 Å². The Morgan fingerprint density at radius 3 is 2.80 bits per heavy atom. The molecule has 2 unspecified atom stereocenters. The van der Waals surface area contributed by atoms with Crippen molar-refractivity contribution in [1.29, 1.82) is 0 Å². The Bertz CT molecular complexity index is 392. The van der Waals surface area contributed by atoms with Gasteiger partial charge in [0.05, 0.1) is 19.8 Å². The highest BCUT2D eigenvalue weighted by molar-refractivity contribution is 7.48. The van der Waals surface area contributed by atoms with Gasteiger partial charge in [0.1, 0.15) is 5.76 Å². The second-order valence-corrected chi connectivity index (χ2v) is 6.33. The van der Waals surface area contributed by atoms with Crippen LogP contribution in [0.2, 0.25) is 0 Å². The van der Waals surface area contributed by atoms with E-state index < -0.39 is 7.82 Å². The highest BCUT2D eigenvalue weighted by Gasteiger charge is 2.34. The van der Waals surface area contributed by atoms with Crippen molar-refractivity contribution < 1.29 is 27.7 Å². The van der Waals surface area contributed by atoms with Crippen LogP contribution in [0.5, 0.6) is 0 Å². The molecule has 1 rings (SSSR count). The summed E-state index contributed by atoms with van der Waals surface area (Å²) in [5.74, 6) is 0.330. The van der Waals surface area contributed by atoms with Crippen LogP contribution < -0.4 is 0 Å². The first-order valence-electron chi connectivity index (χ1n) is 6.83. The lowest BCUT2D eigenvalue weighted by molar-refractivity contribution is -0.129. The minimum atomic E-state index is -3.56. The van der Waals surface area contributed by atoms with Crippen LogP contribution in [0.3, 0.4) is 0 Å². The number of allylic oxidation sites excluding steroid dienone is 1. The molecule has 0 aromatic carbocycles. The molecule has 2 atom stereocenters. The van der Waals surface area contributed by atoms with E-state index in [9.17, 15) is 9.36 Å². The number of ether oxygens (including phenoxy) is 1. The van der Waals surface area contributed by atoms with Crippen LogP contribution in [0.1, 0.15) is 40.0 Å². The molecular formula is C13H23O6P. The summed E-state index contributed by atoms with van der Waals surface area (Å²) in [5.41, 5.74) is 0.849. The Labute approximate surface area is 120 Å². The van der Waals surface area contributed by atoms with E-state index in [1.54, 1.807) is 6.92 Å². The molecule has 116 valence electrons. The van der Waals surface area contributed by atoms with Crippen molar-refractivity contribution in [2.75, 3.05) is 19.8 Å². The van der Waals surface area contributed by atoms with Gasteiger partial charge in [-0.05, 0) is 25.8 Å². The van der Waals surface area contributed by atoms with Crippen LogP contribution in [-0.2, 0) is 27.7 Å². The molecule has 0 saturated heterocycles. The van der Waals surface area contributed by atoms with Crippen molar-refractivity contribution in [2.24, 2.45) is 5.92 Å². The lowest BCUT2D eigenvalue weighted by Crippen LogP contribution is -2.16. The van der Waals surface area contributed by atoms with Gasteiger partial charge in [0.15, 0.2) is 0 Å². The minimum absolute atomic E-state index is 0.141. The fraction of sp³-hybridized carbons (Fsp3) is 0.769. The first-order chi connectivity index (χ1) is 9.52. The summed E-state index contributed by atoms with van der Waals surface area (Å²) >= 11 is 0. The Hall–Kier alpha value is -0.840. The third-order valence-electron chi connectivity index (χ3n) is 3.21. The predicted molar refractivity (Wildman–Crippen MR) is 74.0 cm³/mol. The molecule has 0 radical (unpaired) electrons. The summed E-state index contributed by atoms with van der Waals surface area (Å²) in [7, 11) is -3.56. The van der Waals surface area contributed by atoms with E-state index in [4.69, 9.17) is 18.3 Å². The fourth-order valence-corrected chi connectivity index (χ4v) is 3.15. The number of unbranched alkanes of at least 4 members (excludes halogenated alkanes) is 2. The Kier molecular flexibility index (Phi) is 7.27. The molecule has 0 amide bonds. The number of hydrogen-bond donors (Lipinski definition) is 0. The molecule has 1 aliphatic rings. The standard InChI is InChI=1S/C13H23O6P/c1-4-5-6-7-17-20(15)18-9-13(8-16-10-14)11(2)12(3)19-20/h10,13H,4-9H2,1-3H3. The van der Waals surface area contributed by atoms with Gasteiger partial charge in [-0.1, -0.05) is 19.8 Å². The number of hydrogen-bond acceptors (Lipinski definition) is 6. The number of phosphoric acid groups is 1. The summed E-state index contributed by atoms with van der Waals surface area (Å²) in [4.78, 5) is 10.3. The monoisotopic (exact) mass is 306 g/mol. The van der Waals surface area contributed by atoms with Gasteiger partial charge in [0.25, 0.3) is 6.47 Å². The lowest BCUT2D eigenvalue weighted by atomic mass is 10.0. The maximum absolute atomic E-state index is 12.4. The van der Waals surface area contributed by atoms with Crippen molar-refractivity contribution in [3.63, 3.8) is 0 Å².